The smallest absolute Gasteiger partial charge is 1.00 e. The Morgan fingerprint density at radius 3 is 0.885 bits per heavy atom. The van der Waals surface area contributed by atoms with Gasteiger partial charge in [-0.3, -0.25) is 24.3 Å². The van der Waals surface area contributed by atoms with Gasteiger partial charge in [0.15, 0.2) is 0 Å². The van der Waals surface area contributed by atoms with E-state index in [0.717, 1.165) is 35.2 Å². The first kappa shape index (κ1) is 30.5. The molecule has 0 saturated carbocycles. The Labute approximate surface area is 204 Å². The van der Waals surface area contributed by atoms with Crippen molar-refractivity contribution in [3.05, 3.63) is 97.2 Å². The van der Waals surface area contributed by atoms with Crippen molar-refractivity contribution in [3.63, 3.8) is 0 Å². The van der Waals surface area contributed by atoms with E-state index in [4.69, 9.17) is 0 Å². The summed E-state index contributed by atoms with van der Waals surface area (Å²) in [6.07, 6.45) is 40.0. The molecule has 0 aliphatic heterocycles. The normalized spacial score (nSPS) is 14.5. The van der Waals surface area contributed by atoms with Crippen LogP contribution < -0.4 is 0 Å². The predicted molar refractivity (Wildman–Crippen MR) is 117 cm³/mol. The maximum absolute atomic E-state index is 3.34. The second kappa shape index (κ2) is 32.4. The van der Waals surface area contributed by atoms with Crippen LogP contribution in [0, 0.1) is 24.3 Å². The minimum Gasteiger partial charge on any atom is -1.00 e. The summed E-state index contributed by atoms with van der Waals surface area (Å²) in [7, 11) is 0.750. The second-order valence-electron chi connectivity index (χ2n) is 4.59. The van der Waals surface area contributed by atoms with E-state index in [1.165, 1.54) is 24.2 Å². The minimum atomic E-state index is 0. The molecule has 2 radical (unpaired) electrons. The summed E-state index contributed by atoms with van der Waals surface area (Å²) >= 11 is 1.30. The van der Waals surface area contributed by atoms with Crippen molar-refractivity contribution in [2.24, 2.45) is 0 Å². The zero-order chi connectivity index (χ0) is 18.8. The zero-order valence-corrected chi connectivity index (χ0v) is 22.1. The second-order valence-corrected chi connectivity index (χ2v) is 5.74. The monoisotopic (exact) mass is 517 g/mol. The number of hydrogen-bond donors (Lipinski definition) is 0. The Kier molecular flexibility index (Phi) is 38.1. The number of allylic oxidation sites excluding steroid dienone is 16. The van der Waals surface area contributed by atoms with Gasteiger partial charge in [0.05, 0.1) is 0 Å². The molecule has 0 aromatic heterocycles. The van der Waals surface area contributed by atoms with Crippen molar-refractivity contribution in [2.45, 2.75) is 38.8 Å². The summed E-state index contributed by atoms with van der Waals surface area (Å²) < 4.78 is 3.34. The molecule has 0 fully saturated rings. The molecule has 0 bridgehead atoms. The Morgan fingerprint density at radius 2 is 0.846 bits per heavy atom. The third-order valence-electron chi connectivity index (χ3n) is 2.34. The van der Waals surface area contributed by atoms with Crippen LogP contribution in [0.25, 0.3) is 0 Å². The maximum Gasteiger partial charge on any atom is 3.00 e. The fourth-order valence-electron chi connectivity index (χ4n) is 1.36. The van der Waals surface area contributed by atoms with Gasteiger partial charge in [0, 0.05) is 9.52 Å². The molecule has 0 spiro atoms. The molecule has 0 atom stereocenters. The fourth-order valence-corrected chi connectivity index (χ4v) is 1.36. The average molecular weight is 520 g/mol. The van der Waals surface area contributed by atoms with Gasteiger partial charge in [-0.25, -0.2) is 48.6 Å². The van der Waals surface area contributed by atoms with Crippen LogP contribution in [0.4, 0.5) is 0 Å². The van der Waals surface area contributed by atoms with Gasteiger partial charge >= 0.3 is 54.7 Å². The van der Waals surface area contributed by atoms with Crippen molar-refractivity contribution in [3.8, 4) is 0 Å². The summed E-state index contributed by atoms with van der Waals surface area (Å²) in [5, 5.41) is 0. The first-order valence-corrected chi connectivity index (χ1v) is 12.4. The maximum atomic E-state index is 3.34. The third-order valence-corrected chi connectivity index (χ3v) is 2.34. The largest absolute Gasteiger partial charge is 3.00 e. The van der Waals surface area contributed by atoms with E-state index in [2.05, 4.69) is 65.9 Å². The van der Waals surface area contributed by atoms with Crippen molar-refractivity contribution >= 4 is 13.7 Å². The van der Waals surface area contributed by atoms with Gasteiger partial charge in [-0.05, 0) is 0 Å². The van der Waals surface area contributed by atoms with Crippen LogP contribution >= 0.6 is 0 Å². The van der Waals surface area contributed by atoms with Gasteiger partial charge in [0.2, 0.25) is 0 Å². The van der Waals surface area contributed by atoms with Gasteiger partial charge in [0.1, 0.15) is 0 Å². The van der Waals surface area contributed by atoms with E-state index < -0.39 is 0 Å². The summed E-state index contributed by atoms with van der Waals surface area (Å²) in [6, 6.07) is 0. The van der Waals surface area contributed by atoms with E-state index in [0.29, 0.717) is 0 Å². The molecule has 4 aliphatic carbocycles. The summed E-state index contributed by atoms with van der Waals surface area (Å²) in [4.78, 5) is 0. The van der Waals surface area contributed by atoms with E-state index >= 15 is 0 Å². The fraction of sp³-hybridized carbons (Fsp3) is 0.261. The molecule has 3 heteroatoms. The van der Waals surface area contributed by atoms with Crippen molar-refractivity contribution < 1.29 is 56.1 Å². The Balaban J connectivity index is -0.0000000419. The quantitative estimate of drug-likeness (QED) is 0.266. The molecule has 0 heterocycles. The molecular weight excluding hydrogens is 487 g/mol. The minimum absolute atomic E-state index is 0. The first-order valence-electron chi connectivity index (χ1n) is 8.38. The molecule has 0 aromatic rings. The standard InChI is InChI=1S/4C5H5.C2H7Si.CH2.2Zr.4H/c4*1-2-4-5-3-1;1-3-2;;;;;;;/h4*1-3H,4H2;3H,1-2H3;1H2;;;;;;/q4*-1;;;+2;+3;4*-1. The Morgan fingerprint density at radius 1 is 0.654 bits per heavy atom. The van der Waals surface area contributed by atoms with Crippen LogP contribution in [0.5, 0.6) is 0 Å². The topological polar surface area (TPSA) is 0 Å². The van der Waals surface area contributed by atoms with Gasteiger partial charge in [-0.1, -0.05) is 13.1 Å². The van der Waals surface area contributed by atoms with Crippen molar-refractivity contribution in [1.82, 2.24) is 0 Å². The third kappa shape index (κ3) is 31.5. The van der Waals surface area contributed by atoms with Crippen molar-refractivity contribution in [1.29, 1.82) is 0 Å². The number of rotatable bonds is 0. The molecule has 4 aliphatic rings. The van der Waals surface area contributed by atoms with Crippen LogP contribution in [0.1, 0.15) is 31.4 Å². The molecule has 0 N–H and O–H groups in total. The molecule has 4 rings (SSSR count). The Hall–Kier alpha value is -0.227. The van der Waals surface area contributed by atoms with Crippen LogP contribution in [0.2, 0.25) is 13.1 Å². The molecule has 0 nitrogen and oxygen atoms in total. The van der Waals surface area contributed by atoms with Crippen LogP contribution in [0.15, 0.2) is 72.9 Å². The van der Waals surface area contributed by atoms with Crippen LogP contribution in [0.3, 0.4) is 0 Å². The van der Waals surface area contributed by atoms with Gasteiger partial charge < -0.3 is 5.71 Å². The summed E-state index contributed by atoms with van der Waals surface area (Å²) in [5.74, 6) is 0. The van der Waals surface area contributed by atoms with E-state index in [1.807, 2.05) is 48.6 Å². The molecule has 0 unspecified atom stereocenters. The van der Waals surface area contributed by atoms with Crippen LogP contribution in [-0.4, -0.2) is 13.7 Å². The van der Waals surface area contributed by atoms with Crippen LogP contribution in [-0.2, 0) is 50.4 Å². The SMILES string of the molecule is C[SiH]C.[C-]1=CC=CC1.[C-]1=CC=CC1.[C-]1=CC=CC1.[C-]1=CC=CC1.[CH2]=[Zr+2].[H-].[H-].[H-].[H-].[Zr+3]. The van der Waals surface area contributed by atoms with E-state index in [9.17, 15) is 0 Å². The van der Waals surface area contributed by atoms with Crippen molar-refractivity contribution in [2.75, 3.05) is 0 Å². The van der Waals surface area contributed by atoms with E-state index in [1.54, 1.807) is 0 Å². The molecule has 0 aromatic carbocycles. The zero-order valence-electron chi connectivity index (χ0n) is 20.0. The summed E-state index contributed by atoms with van der Waals surface area (Å²) in [6.45, 7) is 4.42. The number of hydrogen-bond acceptors (Lipinski definition) is 0. The molecule has 26 heavy (non-hydrogen) atoms. The van der Waals surface area contributed by atoms with E-state index in [-0.39, 0.29) is 31.9 Å². The van der Waals surface area contributed by atoms with Gasteiger partial charge in [-0.2, -0.15) is 24.3 Å². The average Bonchev–Trinajstić information content (AvgIpc) is 3.50. The molecular formula is C23H33SiZr2-3. The predicted octanol–water partition coefficient (Wildman–Crippen LogP) is 6.15. The molecule has 0 saturated heterocycles. The summed E-state index contributed by atoms with van der Waals surface area (Å²) in [5.41, 5.74) is 0. The first-order chi connectivity index (χ1) is 12.4. The Bertz CT molecular complexity index is 381. The van der Waals surface area contributed by atoms with Gasteiger partial charge in [0.25, 0.3) is 0 Å². The molecule has 140 valence electrons. The van der Waals surface area contributed by atoms with Gasteiger partial charge in [-0.15, -0.1) is 25.7 Å². The molecule has 0 amide bonds.